The number of hydrogen-bond acceptors (Lipinski definition) is 4. The molecule has 12 heteroatoms. The zero-order valence-corrected chi connectivity index (χ0v) is 14.9. The van der Waals surface area contributed by atoms with E-state index in [0.717, 1.165) is 49.4 Å². The van der Waals surface area contributed by atoms with Crippen molar-refractivity contribution >= 4 is 38.9 Å². The number of benzene rings is 2. The van der Waals surface area contributed by atoms with Gasteiger partial charge >= 0.3 is 12.1 Å². The second kappa shape index (κ2) is 7.84. The molecule has 0 aliphatic rings. The molecule has 0 fully saturated rings. The monoisotopic (exact) mass is 419 g/mol. The lowest BCUT2D eigenvalue weighted by molar-refractivity contribution is -0.167. The Morgan fingerprint density at radius 2 is 1.50 bits per heavy atom. The van der Waals surface area contributed by atoms with Crippen LogP contribution in [0.25, 0.3) is 0 Å². The first kappa shape index (κ1) is 21.2. The molecule has 0 saturated carbocycles. The summed E-state index contributed by atoms with van der Waals surface area (Å²) >= 11 is 0. The summed E-state index contributed by atoms with van der Waals surface area (Å²) in [7, 11) is -4.17. The van der Waals surface area contributed by atoms with Crippen LogP contribution in [0, 0.1) is 5.82 Å². The van der Waals surface area contributed by atoms with Gasteiger partial charge in [-0.25, -0.2) is 12.8 Å². The largest absolute Gasteiger partial charge is 0.471 e. The van der Waals surface area contributed by atoms with E-state index in [4.69, 9.17) is 0 Å². The molecule has 0 radical (unpaired) electrons. The lowest BCUT2D eigenvalue weighted by atomic mass is 10.2. The number of hydrogen-bond donors (Lipinski definition) is 3. The quantitative estimate of drug-likeness (QED) is 0.648. The van der Waals surface area contributed by atoms with Crippen molar-refractivity contribution in [3.63, 3.8) is 0 Å². The van der Waals surface area contributed by atoms with Crippen molar-refractivity contribution in [3.05, 3.63) is 48.3 Å². The van der Waals surface area contributed by atoms with E-state index in [9.17, 15) is 35.6 Å². The van der Waals surface area contributed by atoms with Gasteiger partial charge in [0.1, 0.15) is 5.82 Å². The summed E-state index contributed by atoms with van der Waals surface area (Å²) in [5, 5.41) is 3.78. The third kappa shape index (κ3) is 5.42. The Morgan fingerprint density at radius 3 is 2.04 bits per heavy atom. The summed E-state index contributed by atoms with van der Waals surface area (Å²) in [4.78, 5) is 21.6. The molecule has 0 atom stereocenters. The molecule has 2 rings (SSSR count). The van der Waals surface area contributed by atoms with Crippen LogP contribution in [-0.4, -0.2) is 26.4 Å². The number of rotatable bonds is 5. The molecule has 2 aromatic carbocycles. The maximum atomic E-state index is 13.6. The summed E-state index contributed by atoms with van der Waals surface area (Å²) in [5.74, 6) is -3.53. The minimum Gasteiger partial charge on any atom is -0.324 e. The maximum Gasteiger partial charge on any atom is 0.471 e. The van der Waals surface area contributed by atoms with Gasteiger partial charge in [0, 0.05) is 12.6 Å². The highest BCUT2D eigenvalue weighted by molar-refractivity contribution is 7.92. The Kier molecular flexibility index (Phi) is 5.92. The van der Waals surface area contributed by atoms with Crippen molar-refractivity contribution in [1.82, 2.24) is 0 Å². The fraction of sp³-hybridized carbons (Fsp3) is 0.125. The molecule has 0 aliphatic carbocycles. The number of sulfonamides is 1. The van der Waals surface area contributed by atoms with Crippen molar-refractivity contribution in [2.24, 2.45) is 0 Å². The van der Waals surface area contributed by atoms with Crippen molar-refractivity contribution in [3.8, 4) is 0 Å². The topological polar surface area (TPSA) is 104 Å². The van der Waals surface area contributed by atoms with Gasteiger partial charge in [-0.1, -0.05) is 0 Å². The van der Waals surface area contributed by atoms with E-state index in [1.54, 1.807) is 5.32 Å². The summed E-state index contributed by atoms with van der Waals surface area (Å²) in [5.41, 5.74) is -0.548. The smallest absolute Gasteiger partial charge is 0.324 e. The predicted octanol–water partition coefficient (Wildman–Crippen LogP) is 3.09. The van der Waals surface area contributed by atoms with Crippen LogP contribution in [0.15, 0.2) is 47.4 Å². The average molecular weight is 419 g/mol. The first-order chi connectivity index (χ1) is 12.9. The van der Waals surface area contributed by atoms with E-state index in [0.29, 0.717) is 0 Å². The fourth-order valence-corrected chi connectivity index (χ4v) is 3.06. The van der Waals surface area contributed by atoms with Crippen molar-refractivity contribution in [1.29, 1.82) is 0 Å². The van der Waals surface area contributed by atoms with Gasteiger partial charge in [0.15, 0.2) is 0 Å². The molecule has 0 bridgehead atoms. The first-order valence-electron chi connectivity index (χ1n) is 7.47. The zero-order valence-electron chi connectivity index (χ0n) is 14.1. The second-order valence-corrected chi connectivity index (χ2v) is 7.14. The fourth-order valence-electron chi connectivity index (χ4n) is 2.01. The van der Waals surface area contributed by atoms with Crippen LogP contribution in [0.1, 0.15) is 6.92 Å². The number of anilines is 3. The van der Waals surface area contributed by atoms with Crippen LogP contribution in [0.3, 0.4) is 0 Å². The lowest BCUT2D eigenvalue weighted by Crippen LogP contribution is -2.29. The molecule has 2 amide bonds. The Hall–Kier alpha value is -3.15. The molecular formula is C16H13F4N3O4S. The summed E-state index contributed by atoms with van der Waals surface area (Å²) < 4.78 is 77.1. The third-order valence-corrected chi connectivity index (χ3v) is 4.61. The molecule has 150 valence electrons. The lowest BCUT2D eigenvalue weighted by Gasteiger charge is -2.12. The van der Waals surface area contributed by atoms with Gasteiger partial charge in [-0.05, 0) is 42.5 Å². The minimum atomic E-state index is -5.08. The first-order valence-corrected chi connectivity index (χ1v) is 8.95. The molecule has 0 aromatic heterocycles. The number of carbonyl (C=O) groups excluding carboxylic acids is 2. The van der Waals surface area contributed by atoms with Gasteiger partial charge in [0.2, 0.25) is 5.91 Å². The Morgan fingerprint density at radius 1 is 0.929 bits per heavy atom. The van der Waals surface area contributed by atoms with Crippen LogP contribution in [0.5, 0.6) is 0 Å². The van der Waals surface area contributed by atoms with Gasteiger partial charge in [-0.2, -0.15) is 13.2 Å². The number of halogens is 4. The molecule has 0 heterocycles. The van der Waals surface area contributed by atoms with Gasteiger partial charge in [-0.15, -0.1) is 0 Å². The molecule has 28 heavy (non-hydrogen) atoms. The highest BCUT2D eigenvalue weighted by Gasteiger charge is 2.38. The van der Waals surface area contributed by atoms with E-state index >= 15 is 0 Å². The number of nitrogens with one attached hydrogen (secondary N) is 3. The average Bonchev–Trinajstić information content (AvgIpc) is 2.57. The van der Waals surface area contributed by atoms with Crippen LogP contribution in [0.2, 0.25) is 0 Å². The van der Waals surface area contributed by atoms with E-state index in [1.807, 2.05) is 0 Å². The summed E-state index contributed by atoms with van der Waals surface area (Å²) in [6.45, 7) is 1.15. The number of carbonyl (C=O) groups is 2. The Bertz CT molecular complexity index is 1010. The van der Waals surface area contributed by atoms with E-state index in [2.05, 4.69) is 10.0 Å². The van der Waals surface area contributed by atoms with Gasteiger partial charge < -0.3 is 10.6 Å². The number of alkyl halides is 3. The molecule has 0 spiro atoms. The highest BCUT2D eigenvalue weighted by atomic mass is 32.2. The SMILES string of the molecule is CC(=O)Nc1cc(NS(=O)(=O)c2ccc(NC(=O)C(F)(F)F)cc2)ccc1F. The van der Waals surface area contributed by atoms with Crippen LogP contribution >= 0.6 is 0 Å². The normalized spacial score (nSPS) is 11.6. The predicted molar refractivity (Wildman–Crippen MR) is 92.6 cm³/mol. The van der Waals surface area contributed by atoms with Gasteiger partial charge in [0.25, 0.3) is 10.0 Å². The third-order valence-electron chi connectivity index (χ3n) is 3.21. The molecule has 3 N–H and O–H groups in total. The molecule has 0 saturated heterocycles. The molecular weight excluding hydrogens is 406 g/mol. The van der Waals surface area contributed by atoms with Gasteiger partial charge in [-0.3, -0.25) is 14.3 Å². The van der Waals surface area contributed by atoms with Crippen molar-refractivity contribution in [2.75, 3.05) is 15.4 Å². The van der Waals surface area contributed by atoms with E-state index < -0.39 is 33.8 Å². The number of amides is 2. The zero-order chi connectivity index (χ0) is 21.1. The highest BCUT2D eigenvalue weighted by Crippen LogP contribution is 2.24. The van der Waals surface area contributed by atoms with Crippen molar-refractivity contribution in [2.45, 2.75) is 18.0 Å². The molecule has 2 aromatic rings. The van der Waals surface area contributed by atoms with Crippen LogP contribution in [-0.2, 0) is 19.6 Å². The summed E-state index contributed by atoms with van der Waals surface area (Å²) in [6, 6.07) is 7.04. The Balaban J connectivity index is 2.19. The standard InChI is InChI=1S/C16H13F4N3O4S/c1-9(24)21-14-8-11(4-7-13(14)17)23-28(26,27)12-5-2-10(3-6-12)22-15(25)16(18,19)20/h2-8,23H,1H3,(H,21,24)(H,22,25). The Labute approximate surface area is 156 Å². The molecule has 0 unspecified atom stereocenters. The van der Waals surface area contributed by atoms with E-state index in [-0.39, 0.29) is 22.0 Å². The van der Waals surface area contributed by atoms with Crippen LogP contribution in [0.4, 0.5) is 34.6 Å². The molecule has 7 nitrogen and oxygen atoms in total. The summed E-state index contributed by atoms with van der Waals surface area (Å²) in [6.07, 6.45) is -5.08. The molecule has 0 aliphatic heterocycles. The van der Waals surface area contributed by atoms with Crippen molar-refractivity contribution < 1.29 is 35.6 Å². The van der Waals surface area contributed by atoms with Crippen LogP contribution < -0.4 is 15.4 Å². The van der Waals surface area contributed by atoms with Gasteiger partial charge in [0.05, 0.1) is 16.3 Å². The minimum absolute atomic E-state index is 0.0559. The van der Waals surface area contributed by atoms with E-state index in [1.165, 1.54) is 0 Å². The maximum absolute atomic E-state index is 13.6. The second-order valence-electron chi connectivity index (χ2n) is 5.46.